The van der Waals surface area contributed by atoms with Gasteiger partial charge >= 0.3 is 18.6 Å². The fourth-order valence-electron chi connectivity index (χ4n) is 4.63. The van der Waals surface area contributed by atoms with E-state index in [-0.39, 0.29) is 45.0 Å². The predicted molar refractivity (Wildman–Crippen MR) is 176 cm³/mol. The van der Waals surface area contributed by atoms with Crippen LogP contribution in [0.1, 0.15) is 60.2 Å². The lowest BCUT2D eigenvalue weighted by Gasteiger charge is -2.23. The highest BCUT2D eigenvalue weighted by Crippen LogP contribution is 2.38. The van der Waals surface area contributed by atoms with Crippen molar-refractivity contribution in [2.24, 2.45) is 11.8 Å². The highest BCUT2D eigenvalue weighted by molar-refractivity contribution is 7.92. The van der Waals surface area contributed by atoms with Crippen molar-refractivity contribution in [1.82, 2.24) is 4.98 Å². The van der Waals surface area contributed by atoms with Crippen molar-refractivity contribution in [1.29, 1.82) is 0 Å². The number of carbonyl (C=O) groups excluding carboxylic acids is 2. The van der Waals surface area contributed by atoms with Gasteiger partial charge in [0.25, 0.3) is 0 Å². The topological polar surface area (TPSA) is 139 Å². The second-order valence-corrected chi connectivity index (χ2v) is 14.5. The molecule has 1 heterocycles. The van der Waals surface area contributed by atoms with Gasteiger partial charge in [0.05, 0.1) is 40.8 Å². The second kappa shape index (κ2) is 15.8. The molecular formula is C33H34Cl2F2N2O9S. The Morgan fingerprint density at radius 1 is 0.918 bits per heavy atom. The van der Waals surface area contributed by atoms with Gasteiger partial charge in [0.15, 0.2) is 17.6 Å². The van der Waals surface area contributed by atoms with Crippen molar-refractivity contribution >= 4 is 50.9 Å². The van der Waals surface area contributed by atoms with Gasteiger partial charge in [0, 0.05) is 18.8 Å². The van der Waals surface area contributed by atoms with Crippen LogP contribution >= 0.6 is 23.2 Å². The summed E-state index contributed by atoms with van der Waals surface area (Å²) in [5.74, 6) is -1.21. The van der Waals surface area contributed by atoms with E-state index in [1.54, 1.807) is 0 Å². The molecule has 2 saturated carbocycles. The standard InChI is InChI=1S/C33H34Cl2F2N2O9S/c1-18(46-32(41)22-7-9-26(39-49(2,42)43)29(12-22)44-16-19-3-4-19)31(40)47-28(13-23-24(34)14-38-15-25(23)35)21-8-10-27(48-33(36)37)30(11-21)45-17-20-5-6-20/h7-12,14-15,18-20,28,33,39H,3-6,13,16-17H2,1-2H3/t18-,28-/m0/s1. The van der Waals surface area contributed by atoms with E-state index in [1.165, 1.54) is 55.7 Å². The maximum atomic E-state index is 13.4. The molecule has 264 valence electrons. The van der Waals surface area contributed by atoms with Crippen molar-refractivity contribution < 1.29 is 50.5 Å². The van der Waals surface area contributed by atoms with Crippen molar-refractivity contribution in [2.45, 2.75) is 57.8 Å². The van der Waals surface area contributed by atoms with Gasteiger partial charge in [0.1, 0.15) is 11.9 Å². The molecule has 2 atom stereocenters. The average molecular weight is 744 g/mol. The summed E-state index contributed by atoms with van der Waals surface area (Å²) in [4.78, 5) is 30.5. The van der Waals surface area contributed by atoms with Gasteiger partial charge in [-0.2, -0.15) is 8.78 Å². The third-order valence-electron chi connectivity index (χ3n) is 7.63. The first kappa shape index (κ1) is 36.4. The monoisotopic (exact) mass is 742 g/mol. The number of rotatable bonds is 17. The summed E-state index contributed by atoms with van der Waals surface area (Å²) < 4.78 is 79.9. The van der Waals surface area contributed by atoms with Gasteiger partial charge in [-0.1, -0.05) is 29.3 Å². The van der Waals surface area contributed by atoms with Crippen LogP contribution in [0.15, 0.2) is 48.8 Å². The normalized spacial score (nSPS) is 15.7. The number of pyridine rings is 1. The van der Waals surface area contributed by atoms with E-state index >= 15 is 0 Å². The largest absolute Gasteiger partial charge is 0.491 e. The molecule has 16 heteroatoms. The van der Waals surface area contributed by atoms with E-state index in [4.69, 9.17) is 42.1 Å². The molecule has 5 rings (SSSR count). The zero-order valence-corrected chi connectivity index (χ0v) is 28.8. The Bertz CT molecular complexity index is 1770. The molecule has 11 nitrogen and oxygen atoms in total. The Labute approximate surface area is 292 Å². The summed E-state index contributed by atoms with van der Waals surface area (Å²) in [6, 6.07) is 8.20. The molecule has 1 aromatic heterocycles. The molecule has 0 bridgehead atoms. The molecule has 0 radical (unpaired) electrons. The quantitative estimate of drug-likeness (QED) is 0.144. The number of anilines is 1. The van der Waals surface area contributed by atoms with E-state index in [2.05, 4.69) is 14.4 Å². The fourth-order valence-corrected chi connectivity index (χ4v) is 5.71. The lowest BCUT2D eigenvalue weighted by Crippen LogP contribution is -2.28. The van der Waals surface area contributed by atoms with Crippen molar-refractivity contribution in [3.8, 4) is 17.2 Å². The van der Waals surface area contributed by atoms with Gasteiger partial charge in [-0.05, 0) is 85.9 Å². The molecule has 2 aliphatic carbocycles. The summed E-state index contributed by atoms with van der Waals surface area (Å²) in [5.41, 5.74) is 0.891. The summed E-state index contributed by atoms with van der Waals surface area (Å²) >= 11 is 12.7. The molecule has 2 aliphatic rings. The maximum Gasteiger partial charge on any atom is 0.387 e. The third-order valence-corrected chi connectivity index (χ3v) is 8.87. The van der Waals surface area contributed by atoms with E-state index in [0.29, 0.717) is 36.2 Å². The molecule has 0 aliphatic heterocycles. The maximum absolute atomic E-state index is 13.4. The van der Waals surface area contributed by atoms with Crippen LogP contribution in [0.5, 0.6) is 17.2 Å². The average Bonchev–Trinajstić information content (AvgIpc) is 3.96. The highest BCUT2D eigenvalue weighted by Gasteiger charge is 2.29. The van der Waals surface area contributed by atoms with Crippen molar-refractivity contribution in [2.75, 3.05) is 24.2 Å². The van der Waals surface area contributed by atoms with Crippen LogP contribution in [0.3, 0.4) is 0 Å². The van der Waals surface area contributed by atoms with Crippen LogP contribution < -0.4 is 18.9 Å². The molecular weight excluding hydrogens is 709 g/mol. The van der Waals surface area contributed by atoms with Crippen molar-refractivity contribution in [3.63, 3.8) is 0 Å². The van der Waals surface area contributed by atoms with Crippen LogP contribution in [0.25, 0.3) is 0 Å². The summed E-state index contributed by atoms with van der Waals surface area (Å²) in [5, 5.41) is 0.397. The van der Waals surface area contributed by atoms with Crippen LogP contribution in [0, 0.1) is 11.8 Å². The van der Waals surface area contributed by atoms with E-state index in [1.807, 2.05) is 0 Å². The number of nitrogens with one attached hydrogen (secondary N) is 1. The Hall–Kier alpha value is -3.88. The number of carbonyl (C=O) groups is 2. The lowest BCUT2D eigenvalue weighted by molar-refractivity contribution is -0.159. The van der Waals surface area contributed by atoms with Crippen LogP contribution in [-0.2, 0) is 30.7 Å². The first-order valence-corrected chi connectivity index (χ1v) is 18.1. The Morgan fingerprint density at radius 3 is 2.14 bits per heavy atom. The zero-order valence-electron chi connectivity index (χ0n) is 26.5. The number of esters is 2. The van der Waals surface area contributed by atoms with E-state index in [0.717, 1.165) is 31.9 Å². The van der Waals surface area contributed by atoms with E-state index in [9.17, 15) is 26.8 Å². The molecule has 2 aromatic carbocycles. The Morgan fingerprint density at radius 2 is 1.55 bits per heavy atom. The number of ether oxygens (including phenoxy) is 5. The molecule has 1 N–H and O–H groups in total. The van der Waals surface area contributed by atoms with Crippen LogP contribution in [-0.4, -0.2) is 57.5 Å². The number of nitrogens with zero attached hydrogens (tertiary/aromatic N) is 1. The van der Waals surface area contributed by atoms with Crippen LogP contribution in [0.2, 0.25) is 10.0 Å². The molecule has 49 heavy (non-hydrogen) atoms. The molecule has 0 spiro atoms. The summed E-state index contributed by atoms with van der Waals surface area (Å²) in [6.45, 7) is -1.14. The van der Waals surface area contributed by atoms with Gasteiger partial charge in [0.2, 0.25) is 10.0 Å². The number of hydrogen-bond acceptors (Lipinski definition) is 10. The lowest BCUT2D eigenvalue weighted by atomic mass is 10.0. The SMILES string of the molecule is C[C@H](OC(=O)c1ccc(NS(C)(=O)=O)c(OCC2CC2)c1)C(=O)O[C@@H](Cc1c(Cl)cncc1Cl)c1ccc(OC(F)F)c(OCC2CC2)c1. The molecule has 0 saturated heterocycles. The smallest absolute Gasteiger partial charge is 0.387 e. The predicted octanol–water partition coefficient (Wildman–Crippen LogP) is 7.01. The van der Waals surface area contributed by atoms with E-state index < -0.39 is 40.8 Å². The van der Waals surface area contributed by atoms with Gasteiger partial charge in [-0.15, -0.1) is 0 Å². The molecule has 0 amide bonds. The fraction of sp³-hybridized carbons (Fsp3) is 0.424. The number of alkyl halides is 2. The minimum Gasteiger partial charge on any atom is -0.491 e. The number of aromatic nitrogens is 1. The zero-order chi connectivity index (χ0) is 35.3. The number of sulfonamides is 1. The van der Waals surface area contributed by atoms with Gasteiger partial charge in [-0.25, -0.2) is 18.0 Å². The molecule has 3 aromatic rings. The second-order valence-electron chi connectivity index (χ2n) is 11.9. The minimum absolute atomic E-state index is 0.00321. The van der Waals surface area contributed by atoms with Crippen molar-refractivity contribution in [3.05, 3.63) is 75.5 Å². The first-order chi connectivity index (χ1) is 23.3. The first-order valence-electron chi connectivity index (χ1n) is 15.4. The molecule has 2 fully saturated rings. The molecule has 0 unspecified atom stereocenters. The van der Waals surface area contributed by atoms with Gasteiger partial charge < -0.3 is 23.7 Å². The van der Waals surface area contributed by atoms with Gasteiger partial charge in [-0.3, -0.25) is 9.71 Å². The summed E-state index contributed by atoms with van der Waals surface area (Å²) in [7, 11) is -3.64. The summed E-state index contributed by atoms with van der Waals surface area (Å²) in [6.07, 6.45) is 5.04. The third kappa shape index (κ3) is 10.8. The Kier molecular flexibility index (Phi) is 11.7. The highest BCUT2D eigenvalue weighted by atomic mass is 35.5. The number of hydrogen-bond donors (Lipinski definition) is 1. The Balaban J connectivity index is 1.35. The number of halogens is 4. The van der Waals surface area contributed by atoms with Crippen LogP contribution in [0.4, 0.5) is 14.5 Å². The minimum atomic E-state index is -3.64. The number of benzene rings is 2.